The van der Waals surface area contributed by atoms with E-state index in [2.05, 4.69) is 5.32 Å². The lowest BCUT2D eigenvalue weighted by Gasteiger charge is -2.36. The van der Waals surface area contributed by atoms with E-state index in [1.165, 1.54) is 0 Å². The van der Waals surface area contributed by atoms with E-state index in [0.717, 1.165) is 35.6 Å². The van der Waals surface area contributed by atoms with Gasteiger partial charge in [-0.25, -0.2) is 0 Å². The highest BCUT2D eigenvalue weighted by molar-refractivity contribution is 7.99. The molecule has 3 nitrogen and oxygen atoms in total. The van der Waals surface area contributed by atoms with Gasteiger partial charge in [0, 0.05) is 11.4 Å². The molecule has 0 aliphatic carbocycles. The van der Waals surface area contributed by atoms with Crippen molar-refractivity contribution >= 4 is 23.4 Å². The van der Waals surface area contributed by atoms with E-state index in [1.54, 1.807) is 11.8 Å². The summed E-state index contributed by atoms with van der Waals surface area (Å²) in [5, 5.41) is 3.37. The molecule has 1 atom stereocenters. The van der Waals surface area contributed by atoms with Crippen molar-refractivity contribution in [3.8, 4) is 0 Å². The number of aryl methyl sites for hydroxylation is 1. The van der Waals surface area contributed by atoms with Gasteiger partial charge in [-0.05, 0) is 37.1 Å². The van der Waals surface area contributed by atoms with Crippen molar-refractivity contribution in [2.24, 2.45) is 5.73 Å². The molecule has 3 N–H and O–H groups in total. The maximum Gasteiger partial charge on any atom is 0.243 e. The topological polar surface area (TPSA) is 55.1 Å². The van der Waals surface area contributed by atoms with Crippen molar-refractivity contribution in [1.29, 1.82) is 0 Å². The predicted molar refractivity (Wildman–Crippen MR) is 73.3 cm³/mol. The molecule has 0 bridgehead atoms. The molecule has 0 aromatic heterocycles. The summed E-state index contributed by atoms with van der Waals surface area (Å²) in [7, 11) is 0. The smallest absolute Gasteiger partial charge is 0.243 e. The monoisotopic (exact) mass is 250 g/mol. The Kier molecular flexibility index (Phi) is 3.62. The van der Waals surface area contributed by atoms with Crippen LogP contribution in [0.2, 0.25) is 0 Å². The molecular formula is C13H18N2OS. The van der Waals surface area contributed by atoms with Gasteiger partial charge in [-0.1, -0.05) is 18.2 Å². The van der Waals surface area contributed by atoms with Crippen LogP contribution in [0.3, 0.4) is 0 Å². The van der Waals surface area contributed by atoms with Gasteiger partial charge in [0.15, 0.2) is 0 Å². The number of hydrogen-bond acceptors (Lipinski definition) is 3. The number of hydrogen-bond donors (Lipinski definition) is 2. The van der Waals surface area contributed by atoms with Crippen LogP contribution in [0.1, 0.15) is 18.4 Å². The third-order valence-corrected chi connectivity index (χ3v) is 4.51. The van der Waals surface area contributed by atoms with Crippen molar-refractivity contribution < 1.29 is 4.79 Å². The number of carbonyl (C=O) groups excluding carboxylic acids is 1. The van der Waals surface area contributed by atoms with E-state index >= 15 is 0 Å². The third-order valence-electron chi connectivity index (χ3n) is 3.23. The van der Waals surface area contributed by atoms with Crippen molar-refractivity contribution in [3.63, 3.8) is 0 Å². The summed E-state index contributed by atoms with van der Waals surface area (Å²) in [6.45, 7) is 2.03. The SMILES string of the molecule is Cc1ccccc1NC1(C(N)=O)CCCSC1. The normalized spacial score (nSPS) is 24.3. The highest BCUT2D eigenvalue weighted by atomic mass is 32.2. The highest BCUT2D eigenvalue weighted by Crippen LogP contribution is 2.31. The van der Waals surface area contributed by atoms with E-state index in [1.807, 2.05) is 31.2 Å². The fourth-order valence-corrected chi connectivity index (χ4v) is 3.32. The third kappa shape index (κ3) is 2.57. The van der Waals surface area contributed by atoms with E-state index < -0.39 is 5.54 Å². The average molecular weight is 250 g/mol. The zero-order chi connectivity index (χ0) is 12.3. The van der Waals surface area contributed by atoms with Crippen LogP contribution in [-0.2, 0) is 4.79 Å². The quantitative estimate of drug-likeness (QED) is 0.864. The largest absolute Gasteiger partial charge is 0.370 e. The Bertz CT molecular complexity index is 414. The zero-order valence-electron chi connectivity index (χ0n) is 10.0. The van der Waals surface area contributed by atoms with Gasteiger partial charge in [0.1, 0.15) is 5.54 Å². The lowest BCUT2D eigenvalue weighted by Crippen LogP contribution is -2.54. The highest BCUT2D eigenvalue weighted by Gasteiger charge is 2.38. The molecule has 4 heteroatoms. The van der Waals surface area contributed by atoms with E-state index in [0.29, 0.717) is 0 Å². The first-order valence-corrected chi connectivity index (χ1v) is 7.01. The molecule has 1 aliphatic rings. The predicted octanol–water partition coefficient (Wildman–Crippen LogP) is 2.16. The fraction of sp³-hybridized carbons (Fsp3) is 0.462. The van der Waals surface area contributed by atoms with Crippen molar-refractivity contribution in [3.05, 3.63) is 29.8 Å². The molecule has 1 saturated heterocycles. The van der Waals surface area contributed by atoms with E-state index in [4.69, 9.17) is 5.73 Å². The van der Waals surface area contributed by atoms with Crippen molar-refractivity contribution in [1.82, 2.24) is 0 Å². The second kappa shape index (κ2) is 5.00. The van der Waals surface area contributed by atoms with Gasteiger partial charge in [-0.15, -0.1) is 0 Å². The molecule has 17 heavy (non-hydrogen) atoms. The molecule has 1 heterocycles. The Morgan fingerprint density at radius 1 is 1.47 bits per heavy atom. The number of nitrogens with two attached hydrogens (primary N) is 1. The lowest BCUT2D eigenvalue weighted by molar-refractivity contribution is -0.121. The van der Waals surface area contributed by atoms with Gasteiger partial charge in [0.2, 0.25) is 5.91 Å². The van der Waals surface area contributed by atoms with Gasteiger partial charge in [0.25, 0.3) is 0 Å². The Morgan fingerprint density at radius 2 is 2.24 bits per heavy atom. The molecule has 1 aliphatic heterocycles. The lowest BCUT2D eigenvalue weighted by atomic mass is 9.93. The standard InChI is InChI=1S/C13H18N2OS/c1-10-5-2-3-6-11(10)15-13(12(14)16)7-4-8-17-9-13/h2-3,5-6,15H,4,7-9H2,1H3,(H2,14,16). The summed E-state index contributed by atoms with van der Waals surface area (Å²) >= 11 is 1.79. The first kappa shape index (κ1) is 12.3. The number of rotatable bonds is 3. The number of para-hydroxylation sites is 1. The molecule has 1 amide bonds. The summed E-state index contributed by atoms with van der Waals surface area (Å²) in [6.07, 6.45) is 1.86. The minimum atomic E-state index is -0.574. The number of primary amides is 1. The van der Waals surface area contributed by atoms with Crippen molar-refractivity contribution in [2.75, 3.05) is 16.8 Å². The zero-order valence-corrected chi connectivity index (χ0v) is 10.8. The number of amides is 1. The molecule has 2 rings (SSSR count). The summed E-state index contributed by atoms with van der Waals surface area (Å²) < 4.78 is 0. The van der Waals surface area contributed by atoms with Gasteiger partial charge in [-0.2, -0.15) is 11.8 Å². The molecule has 1 unspecified atom stereocenters. The minimum Gasteiger partial charge on any atom is -0.370 e. The summed E-state index contributed by atoms with van der Waals surface area (Å²) in [4.78, 5) is 11.7. The summed E-state index contributed by atoms with van der Waals surface area (Å²) in [5.41, 5.74) is 7.16. The first-order chi connectivity index (χ1) is 8.14. The molecule has 0 spiro atoms. The molecule has 1 aromatic rings. The Morgan fingerprint density at radius 3 is 2.82 bits per heavy atom. The van der Waals surface area contributed by atoms with Crippen LogP contribution >= 0.6 is 11.8 Å². The maximum absolute atomic E-state index is 11.7. The van der Waals surface area contributed by atoms with Crippen LogP contribution in [0.4, 0.5) is 5.69 Å². The fourth-order valence-electron chi connectivity index (χ4n) is 2.12. The first-order valence-electron chi connectivity index (χ1n) is 5.85. The number of nitrogens with one attached hydrogen (secondary N) is 1. The Balaban J connectivity index is 2.24. The van der Waals surface area contributed by atoms with E-state index in [-0.39, 0.29) is 5.91 Å². The molecular weight excluding hydrogens is 232 g/mol. The van der Waals surface area contributed by atoms with Crippen molar-refractivity contribution in [2.45, 2.75) is 25.3 Å². The van der Waals surface area contributed by atoms with Gasteiger partial charge >= 0.3 is 0 Å². The van der Waals surface area contributed by atoms with Crippen LogP contribution in [-0.4, -0.2) is 23.0 Å². The Labute approximate surface area is 106 Å². The summed E-state index contributed by atoms with van der Waals surface area (Å²) in [6, 6.07) is 8.00. The summed E-state index contributed by atoms with van der Waals surface area (Å²) in [5.74, 6) is 1.63. The molecule has 1 aromatic carbocycles. The number of anilines is 1. The second-order valence-electron chi connectivity index (χ2n) is 4.54. The van der Waals surface area contributed by atoms with Crippen LogP contribution in [0.15, 0.2) is 24.3 Å². The number of carbonyl (C=O) groups is 1. The molecule has 1 fully saturated rings. The number of thioether (sulfide) groups is 1. The average Bonchev–Trinajstić information content (AvgIpc) is 2.33. The molecule has 0 radical (unpaired) electrons. The van der Waals surface area contributed by atoms with Gasteiger partial charge < -0.3 is 11.1 Å². The molecule has 92 valence electrons. The Hall–Kier alpha value is -1.16. The molecule has 0 saturated carbocycles. The van der Waals surface area contributed by atoms with Crippen LogP contribution in [0, 0.1) is 6.92 Å². The van der Waals surface area contributed by atoms with Gasteiger partial charge in [-0.3, -0.25) is 4.79 Å². The number of benzene rings is 1. The maximum atomic E-state index is 11.7. The second-order valence-corrected chi connectivity index (χ2v) is 5.65. The minimum absolute atomic E-state index is 0.243. The van der Waals surface area contributed by atoms with Crippen LogP contribution in [0.5, 0.6) is 0 Å². The van der Waals surface area contributed by atoms with Gasteiger partial charge in [0.05, 0.1) is 0 Å². The van der Waals surface area contributed by atoms with Crippen LogP contribution < -0.4 is 11.1 Å². The van der Waals surface area contributed by atoms with E-state index in [9.17, 15) is 4.79 Å². The van der Waals surface area contributed by atoms with Crippen LogP contribution in [0.25, 0.3) is 0 Å².